The maximum Gasteiger partial charge on any atom is 0.267 e. The summed E-state index contributed by atoms with van der Waals surface area (Å²) in [6.45, 7) is 1.93. The van der Waals surface area contributed by atoms with Crippen LogP contribution in [0.3, 0.4) is 0 Å². The van der Waals surface area contributed by atoms with Crippen molar-refractivity contribution in [3.8, 4) is 11.8 Å². The van der Waals surface area contributed by atoms with Gasteiger partial charge in [-0.3, -0.25) is 4.79 Å². The van der Waals surface area contributed by atoms with E-state index in [9.17, 15) is 10.1 Å². The molecule has 0 saturated carbocycles. The van der Waals surface area contributed by atoms with Gasteiger partial charge >= 0.3 is 0 Å². The summed E-state index contributed by atoms with van der Waals surface area (Å²) in [5.74, 6) is 0.268. The SMILES string of the molecule is COc1ccc(C(C)N/C=C(/C#N)C(=O)Nc2cccc(Cl)c2)cc1. The van der Waals surface area contributed by atoms with Crippen LogP contribution >= 0.6 is 11.6 Å². The summed E-state index contributed by atoms with van der Waals surface area (Å²) >= 11 is 5.88. The highest BCUT2D eigenvalue weighted by atomic mass is 35.5. The minimum absolute atomic E-state index is 0.0275. The van der Waals surface area contributed by atoms with Crippen molar-refractivity contribution in [1.82, 2.24) is 5.32 Å². The monoisotopic (exact) mass is 355 g/mol. The molecule has 0 heterocycles. The molecule has 0 bridgehead atoms. The topological polar surface area (TPSA) is 74.1 Å². The van der Waals surface area contributed by atoms with Crippen LogP contribution in [0.5, 0.6) is 5.75 Å². The number of carbonyl (C=O) groups excluding carboxylic acids is 1. The Labute approximate surface area is 151 Å². The zero-order valence-electron chi connectivity index (χ0n) is 13.9. The molecule has 0 aliphatic rings. The fourth-order valence-electron chi connectivity index (χ4n) is 2.11. The summed E-state index contributed by atoms with van der Waals surface area (Å²) in [7, 11) is 1.61. The lowest BCUT2D eigenvalue weighted by molar-refractivity contribution is -0.112. The second kappa shape index (κ2) is 8.76. The van der Waals surface area contributed by atoms with Crippen LogP contribution in [0.15, 0.2) is 60.3 Å². The van der Waals surface area contributed by atoms with Crippen molar-refractivity contribution in [1.29, 1.82) is 5.26 Å². The number of carbonyl (C=O) groups is 1. The van der Waals surface area contributed by atoms with Crippen molar-refractivity contribution in [3.63, 3.8) is 0 Å². The molecule has 0 aromatic heterocycles. The van der Waals surface area contributed by atoms with Crippen molar-refractivity contribution < 1.29 is 9.53 Å². The highest BCUT2D eigenvalue weighted by Crippen LogP contribution is 2.18. The van der Waals surface area contributed by atoms with Gasteiger partial charge in [0, 0.05) is 23.0 Å². The van der Waals surface area contributed by atoms with Crippen molar-refractivity contribution in [2.75, 3.05) is 12.4 Å². The van der Waals surface area contributed by atoms with Gasteiger partial charge in [-0.1, -0.05) is 29.8 Å². The Morgan fingerprint density at radius 2 is 2.00 bits per heavy atom. The largest absolute Gasteiger partial charge is 0.497 e. The summed E-state index contributed by atoms with van der Waals surface area (Å²) < 4.78 is 5.12. The minimum Gasteiger partial charge on any atom is -0.497 e. The van der Waals surface area contributed by atoms with Gasteiger partial charge in [0.2, 0.25) is 0 Å². The number of hydrogen-bond acceptors (Lipinski definition) is 4. The maximum atomic E-state index is 12.2. The second-order valence-corrected chi connectivity index (χ2v) is 5.73. The molecule has 1 unspecified atom stereocenters. The molecule has 0 saturated heterocycles. The van der Waals surface area contributed by atoms with Crippen LogP contribution in [-0.2, 0) is 4.79 Å². The van der Waals surface area contributed by atoms with Crippen molar-refractivity contribution in [3.05, 3.63) is 70.9 Å². The number of ether oxygens (including phenoxy) is 1. The van der Waals surface area contributed by atoms with Crippen LogP contribution in [0.25, 0.3) is 0 Å². The highest BCUT2D eigenvalue weighted by molar-refractivity contribution is 6.31. The smallest absolute Gasteiger partial charge is 0.267 e. The minimum atomic E-state index is -0.501. The molecule has 2 aromatic carbocycles. The number of methoxy groups -OCH3 is 1. The highest BCUT2D eigenvalue weighted by Gasteiger charge is 2.11. The van der Waals surface area contributed by atoms with E-state index in [1.54, 1.807) is 31.4 Å². The van der Waals surface area contributed by atoms with E-state index in [1.165, 1.54) is 6.20 Å². The van der Waals surface area contributed by atoms with Crippen LogP contribution in [-0.4, -0.2) is 13.0 Å². The third-order valence-corrected chi connectivity index (χ3v) is 3.78. The molecule has 1 amide bonds. The number of anilines is 1. The molecule has 1 atom stereocenters. The summed E-state index contributed by atoms with van der Waals surface area (Å²) in [5, 5.41) is 15.4. The fraction of sp³-hybridized carbons (Fsp3) is 0.158. The fourth-order valence-corrected chi connectivity index (χ4v) is 2.30. The molecule has 0 spiro atoms. The number of rotatable bonds is 6. The Morgan fingerprint density at radius 1 is 1.28 bits per heavy atom. The van der Waals surface area contributed by atoms with E-state index in [1.807, 2.05) is 37.3 Å². The molecule has 0 fully saturated rings. The first kappa shape index (κ1) is 18.4. The average Bonchev–Trinajstić information content (AvgIpc) is 2.62. The van der Waals surface area contributed by atoms with Gasteiger partial charge in [0.1, 0.15) is 17.4 Å². The van der Waals surface area contributed by atoms with Crippen molar-refractivity contribution in [2.24, 2.45) is 0 Å². The molecule has 2 rings (SSSR count). The van der Waals surface area contributed by atoms with E-state index in [-0.39, 0.29) is 11.6 Å². The normalized spacial score (nSPS) is 12.0. The van der Waals surface area contributed by atoms with Gasteiger partial charge in [0.15, 0.2) is 0 Å². The Balaban J connectivity index is 2.03. The summed E-state index contributed by atoms with van der Waals surface area (Å²) in [6.07, 6.45) is 1.41. The van der Waals surface area contributed by atoms with Crippen LogP contribution < -0.4 is 15.4 Å². The van der Waals surface area contributed by atoms with Crippen LogP contribution in [0.2, 0.25) is 5.02 Å². The van der Waals surface area contributed by atoms with Gasteiger partial charge in [-0.2, -0.15) is 5.26 Å². The number of nitriles is 1. The Morgan fingerprint density at radius 3 is 2.60 bits per heavy atom. The van der Waals surface area contributed by atoms with Crippen LogP contribution in [0.4, 0.5) is 5.69 Å². The van der Waals surface area contributed by atoms with Gasteiger partial charge in [0.05, 0.1) is 7.11 Å². The average molecular weight is 356 g/mol. The van der Waals surface area contributed by atoms with E-state index in [2.05, 4.69) is 10.6 Å². The molecule has 0 radical (unpaired) electrons. The number of halogens is 1. The molecule has 6 heteroatoms. The second-order valence-electron chi connectivity index (χ2n) is 5.30. The van der Waals surface area contributed by atoms with E-state index in [0.717, 1.165) is 11.3 Å². The van der Waals surface area contributed by atoms with Gasteiger partial charge in [0.25, 0.3) is 5.91 Å². The zero-order chi connectivity index (χ0) is 18.2. The number of nitrogens with one attached hydrogen (secondary N) is 2. The van der Waals surface area contributed by atoms with Crippen molar-refractivity contribution in [2.45, 2.75) is 13.0 Å². The summed E-state index contributed by atoms with van der Waals surface area (Å²) in [4.78, 5) is 12.2. The lowest BCUT2D eigenvalue weighted by Crippen LogP contribution is -2.18. The first-order valence-corrected chi connectivity index (χ1v) is 7.98. The van der Waals surface area contributed by atoms with Crippen molar-refractivity contribution >= 4 is 23.2 Å². The molecular weight excluding hydrogens is 338 g/mol. The molecule has 2 aromatic rings. The number of hydrogen-bond donors (Lipinski definition) is 2. The summed E-state index contributed by atoms with van der Waals surface area (Å²) in [6, 6.07) is 16.1. The molecule has 25 heavy (non-hydrogen) atoms. The third-order valence-electron chi connectivity index (χ3n) is 3.54. The maximum absolute atomic E-state index is 12.2. The standard InChI is InChI=1S/C19H18ClN3O2/c1-13(14-6-8-18(25-2)9-7-14)22-12-15(11-21)19(24)23-17-5-3-4-16(20)10-17/h3-10,12-13,22H,1-2H3,(H,23,24)/b15-12-. The molecular formula is C19H18ClN3O2. The first-order chi connectivity index (χ1) is 12.0. The lowest BCUT2D eigenvalue weighted by Gasteiger charge is -2.13. The third kappa shape index (κ3) is 5.27. The Bertz CT molecular complexity index is 810. The van der Waals surface area contributed by atoms with Gasteiger partial charge in [-0.25, -0.2) is 0 Å². The molecule has 0 aliphatic carbocycles. The number of nitrogens with zero attached hydrogens (tertiary/aromatic N) is 1. The van der Waals surface area contributed by atoms with Gasteiger partial charge in [-0.15, -0.1) is 0 Å². The van der Waals surface area contributed by atoms with Crippen LogP contribution in [0.1, 0.15) is 18.5 Å². The molecule has 0 aliphatic heterocycles. The van der Waals surface area contributed by atoms with E-state index in [4.69, 9.17) is 16.3 Å². The van der Waals surface area contributed by atoms with Crippen LogP contribution in [0, 0.1) is 11.3 Å². The van der Waals surface area contributed by atoms with Gasteiger partial charge in [-0.05, 0) is 42.8 Å². The Hall–Kier alpha value is -2.97. The van der Waals surface area contributed by atoms with Gasteiger partial charge < -0.3 is 15.4 Å². The number of benzene rings is 2. The predicted molar refractivity (Wildman–Crippen MR) is 98.3 cm³/mol. The molecule has 128 valence electrons. The zero-order valence-corrected chi connectivity index (χ0v) is 14.7. The van der Waals surface area contributed by atoms with E-state index < -0.39 is 5.91 Å². The number of amides is 1. The molecule has 2 N–H and O–H groups in total. The first-order valence-electron chi connectivity index (χ1n) is 7.60. The predicted octanol–water partition coefficient (Wildman–Crippen LogP) is 4.05. The Kier molecular flexibility index (Phi) is 6.44. The van der Waals surface area contributed by atoms with E-state index >= 15 is 0 Å². The molecule has 5 nitrogen and oxygen atoms in total. The lowest BCUT2D eigenvalue weighted by atomic mass is 10.1. The quantitative estimate of drug-likeness (QED) is 0.605. The van der Waals surface area contributed by atoms with E-state index in [0.29, 0.717) is 10.7 Å². The summed E-state index contributed by atoms with van der Waals surface area (Å²) in [5.41, 5.74) is 1.51.